The first kappa shape index (κ1) is 13.5. The zero-order chi connectivity index (χ0) is 13.7. The molecule has 1 atom stereocenters. The summed E-state index contributed by atoms with van der Waals surface area (Å²) < 4.78 is 0. The molecule has 0 spiro atoms. The van der Waals surface area contributed by atoms with E-state index in [4.69, 9.17) is 11.3 Å². The molecule has 2 rings (SSSR count). The number of hydroxylamine groups is 1. The van der Waals surface area contributed by atoms with Crippen molar-refractivity contribution < 1.29 is 4.84 Å². The molecule has 0 bridgehead atoms. The van der Waals surface area contributed by atoms with Crippen molar-refractivity contribution in [1.82, 2.24) is 20.3 Å². The average molecular weight is 262 g/mol. The molecule has 19 heavy (non-hydrogen) atoms. The van der Waals surface area contributed by atoms with Gasteiger partial charge in [-0.05, 0) is 18.8 Å². The monoisotopic (exact) mass is 262 g/mol. The van der Waals surface area contributed by atoms with Crippen LogP contribution in [0.4, 0.5) is 11.9 Å². The summed E-state index contributed by atoms with van der Waals surface area (Å²) in [6.45, 7) is 0.914. The van der Waals surface area contributed by atoms with E-state index in [9.17, 15) is 0 Å². The molecule has 7 nitrogen and oxygen atoms in total. The van der Waals surface area contributed by atoms with Crippen molar-refractivity contribution in [3.63, 3.8) is 0 Å². The van der Waals surface area contributed by atoms with E-state index in [-0.39, 0.29) is 6.17 Å². The van der Waals surface area contributed by atoms with Crippen molar-refractivity contribution in [2.24, 2.45) is 5.92 Å². The normalized spacial score (nSPS) is 15.6. The molecular weight excluding hydrogens is 244 g/mol. The van der Waals surface area contributed by atoms with Crippen molar-refractivity contribution in [3.05, 3.63) is 6.33 Å². The van der Waals surface area contributed by atoms with Gasteiger partial charge in [-0.3, -0.25) is 10.2 Å². The first-order valence-electron chi connectivity index (χ1n) is 6.16. The smallest absolute Gasteiger partial charge is 0.254 e. The van der Waals surface area contributed by atoms with Crippen molar-refractivity contribution in [1.29, 1.82) is 0 Å². The highest BCUT2D eigenvalue weighted by Gasteiger charge is 2.21. The first-order valence-corrected chi connectivity index (χ1v) is 6.16. The van der Waals surface area contributed by atoms with Crippen LogP contribution >= 0.6 is 0 Å². The van der Waals surface area contributed by atoms with Crippen LogP contribution in [-0.2, 0) is 4.84 Å². The second-order valence-corrected chi connectivity index (χ2v) is 4.38. The van der Waals surface area contributed by atoms with E-state index in [0.29, 0.717) is 11.9 Å². The molecule has 1 aliphatic rings. The Hall–Kier alpha value is -1.91. The van der Waals surface area contributed by atoms with E-state index in [2.05, 4.69) is 31.5 Å². The highest BCUT2D eigenvalue weighted by molar-refractivity contribution is 5.35. The van der Waals surface area contributed by atoms with E-state index < -0.39 is 0 Å². The van der Waals surface area contributed by atoms with E-state index in [0.717, 1.165) is 12.5 Å². The van der Waals surface area contributed by atoms with Crippen molar-refractivity contribution in [3.8, 4) is 12.3 Å². The molecule has 7 heteroatoms. The second kappa shape index (κ2) is 6.31. The summed E-state index contributed by atoms with van der Waals surface area (Å²) in [4.78, 5) is 17.2. The third-order valence-electron chi connectivity index (χ3n) is 2.86. The van der Waals surface area contributed by atoms with Gasteiger partial charge in [0.2, 0.25) is 5.95 Å². The van der Waals surface area contributed by atoms with Gasteiger partial charge in [-0.1, -0.05) is 5.92 Å². The van der Waals surface area contributed by atoms with Gasteiger partial charge in [-0.2, -0.15) is 9.97 Å². The van der Waals surface area contributed by atoms with Crippen molar-refractivity contribution >= 4 is 11.9 Å². The standard InChI is InChI=1S/C12H18N6O/c1-4-10(13-7-9-5-6-9)16-11-14-8-15-12(17-11)18(2)19-3/h1,8-10,13H,5-7H2,2-3H3,(H,14,15,16,17). The Morgan fingerprint density at radius 1 is 1.58 bits per heavy atom. The van der Waals surface area contributed by atoms with Gasteiger partial charge in [0.1, 0.15) is 12.5 Å². The van der Waals surface area contributed by atoms with E-state index >= 15 is 0 Å². The van der Waals surface area contributed by atoms with Crippen LogP contribution in [0, 0.1) is 18.3 Å². The van der Waals surface area contributed by atoms with Crippen LogP contribution in [-0.4, -0.2) is 41.8 Å². The topological polar surface area (TPSA) is 75.2 Å². The quantitative estimate of drug-likeness (QED) is 0.414. The number of aromatic nitrogens is 3. The maximum atomic E-state index is 5.47. The molecule has 1 aromatic heterocycles. The van der Waals surface area contributed by atoms with Crippen LogP contribution in [0.3, 0.4) is 0 Å². The van der Waals surface area contributed by atoms with Crippen LogP contribution in [0.2, 0.25) is 0 Å². The second-order valence-electron chi connectivity index (χ2n) is 4.38. The Balaban J connectivity index is 1.94. The lowest BCUT2D eigenvalue weighted by Gasteiger charge is -2.16. The zero-order valence-electron chi connectivity index (χ0n) is 11.1. The first-order chi connectivity index (χ1) is 9.22. The summed E-state index contributed by atoms with van der Waals surface area (Å²) in [5, 5.41) is 7.73. The van der Waals surface area contributed by atoms with Gasteiger partial charge in [0, 0.05) is 13.6 Å². The SMILES string of the molecule is C#CC(NCC1CC1)Nc1ncnc(N(C)OC)n1. The van der Waals surface area contributed by atoms with Gasteiger partial charge in [0.15, 0.2) is 0 Å². The number of hydrogen-bond acceptors (Lipinski definition) is 7. The Morgan fingerprint density at radius 3 is 3.00 bits per heavy atom. The van der Waals surface area contributed by atoms with Crippen molar-refractivity contribution in [2.45, 2.75) is 19.0 Å². The minimum Gasteiger partial charge on any atom is -0.328 e. The van der Waals surface area contributed by atoms with Crippen molar-refractivity contribution in [2.75, 3.05) is 31.1 Å². The highest BCUT2D eigenvalue weighted by Crippen LogP contribution is 2.27. The Bertz CT molecular complexity index is 456. The largest absolute Gasteiger partial charge is 0.328 e. The fourth-order valence-electron chi connectivity index (χ4n) is 1.48. The lowest BCUT2D eigenvalue weighted by molar-refractivity contribution is 0.180. The lowest BCUT2D eigenvalue weighted by atomic mass is 10.4. The van der Waals surface area contributed by atoms with Crippen LogP contribution in [0.15, 0.2) is 6.33 Å². The molecule has 0 saturated heterocycles. The lowest BCUT2D eigenvalue weighted by Crippen LogP contribution is -2.37. The van der Waals surface area contributed by atoms with Crippen LogP contribution in [0.1, 0.15) is 12.8 Å². The minimum atomic E-state index is -0.288. The fourth-order valence-corrected chi connectivity index (χ4v) is 1.48. The molecular formula is C12H18N6O. The molecule has 1 saturated carbocycles. The van der Waals surface area contributed by atoms with Gasteiger partial charge in [-0.25, -0.2) is 10.0 Å². The maximum absolute atomic E-state index is 5.47. The summed E-state index contributed by atoms with van der Waals surface area (Å²) in [5.41, 5.74) is 0. The van der Waals surface area contributed by atoms with E-state index in [1.165, 1.54) is 24.2 Å². The van der Waals surface area contributed by atoms with Crippen LogP contribution < -0.4 is 15.7 Å². The molecule has 0 radical (unpaired) electrons. The summed E-state index contributed by atoms with van der Waals surface area (Å²) in [7, 11) is 3.25. The van der Waals surface area contributed by atoms with Crippen LogP contribution in [0.5, 0.6) is 0 Å². The molecule has 0 aromatic carbocycles. The number of nitrogens with one attached hydrogen (secondary N) is 2. The predicted octanol–water partition coefficient (Wildman–Crippen LogP) is 0.240. The number of terminal acetylenes is 1. The fraction of sp³-hybridized carbons (Fsp3) is 0.583. The van der Waals surface area contributed by atoms with Gasteiger partial charge < -0.3 is 5.32 Å². The number of nitrogens with zero attached hydrogens (tertiary/aromatic N) is 4. The number of anilines is 2. The van der Waals surface area contributed by atoms with Gasteiger partial charge in [-0.15, -0.1) is 6.42 Å². The van der Waals surface area contributed by atoms with E-state index in [1.807, 2.05) is 0 Å². The molecule has 1 aliphatic carbocycles. The third-order valence-corrected chi connectivity index (χ3v) is 2.86. The highest BCUT2D eigenvalue weighted by atomic mass is 16.7. The Morgan fingerprint density at radius 2 is 2.37 bits per heavy atom. The maximum Gasteiger partial charge on any atom is 0.254 e. The Kier molecular flexibility index (Phi) is 4.49. The molecule has 102 valence electrons. The molecule has 2 N–H and O–H groups in total. The summed E-state index contributed by atoms with van der Waals surface area (Å²) >= 11 is 0. The molecule has 0 aliphatic heterocycles. The molecule has 1 unspecified atom stereocenters. The molecule has 1 aromatic rings. The minimum absolute atomic E-state index is 0.288. The zero-order valence-corrected chi connectivity index (χ0v) is 11.1. The summed E-state index contributed by atoms with van der Waals surface area (Å²) in [6.07, 6.45) is 9.15. The van der Waals surface area contributed by atoms with Gasteiger partial charge in [0.05, 0.1) is 7.11 Å². The number of hydrogen-bond donors (Lipinski definition) is 2. The van der Waals surface area contributed by atoms with Gasteiger partial charge >= 0.3 is 0 Å². The Labute approximate surface area is 112 Å². The van der Waals surface area contributed by atoms with E-state index in [1.54, 1.807) is 14.2 Å². The molecule has 1 fully saturated rings. The predicted molar refractivity (Wildman–Crippen MR) is 72.2 cm³/mol. The summed E-state index contributed by atoms with van der Waals surface area (Å²) in [6, 6.07) is 0. The third kappa shape index (κ3) is 4.05. The van der Waals surface area contributed by atoms with Crippen LogP contribution in [0.25, 0.3) is 0 Å². The molecule has 0 amide bonds. The summed E-state index contributed by atoms with van der Waals surface area (Å²) in [5.74, 6) is 4.22. The van der Waals surface area contributed by atoms with Gasteiger partial charge in [0.25, 0.3) is 5.95 Å². The average Bonchev–Trinajstić information content (AvgIpc) is 3.27. The number of rotatable bonds is 7. The molecule has 1 heterocycles.